The smallest absolute Gasteiger partial charge is 0.142 e. The molecule has 1 saturated heterocycles. The second-order valence-corrected chi connectivity index (χ2v) is 17.7. The first-order chi connectivity index (χ1) is 19.0. The van der Waals surface area contributed by atoms with Gasteiger partial charge in [-0.1, -0.05) is 87.1 Å². The predicted molar refractivity (Wildman–Crippen MR) is 166 cm³/mol. The third-order valence-corrected chi connectivity index (χ3v) is 15.5. The van der Waals surface area contributed by atoms with Crippen LogP contribution in [0.1, 0.15) is 105 Å². The maximum atomic E-state index is 10.5. The van der Waals surface area contributed by atoms with Crippen molar-refractivity contribution in [3.63, 3.8) is 0 Å². The van der Waals surface area contributed by atoms with Crippen LogP contribution in [0.25, 0.3) is 0 Å². The summed E-state index contributed by atoms with van der Waals surface area (Å²) in [5.74, 6) is 5.10. The van der Waals surface area contributed by atoms with Crippen molar-refractivity contribution >= 4 is 21.6 Å². The topological polar surface area (TPSA) is 90.2 Å². The molecule has 40 heavy (non-hydrogen) atoms. The van der Waals surface area contributed by atoms with E-state index >= 15 is 0 Å². The molecule has 4 N–H and O–H groups in total. The molecule has 0 radical (unpaired) electrons. The first kappa shape index (κ1) is 31.7. The molecule has 0 bridgehead atoms. The lowest BCUT2D eigenvalue weighted by Crippen LogP contribution is -2.57. The highest BCUT2D eigenvalue weighted by molar-refractivity contribution is 8.77. The summed E-state index contributed by atoms with van der Waals surface area (Å²) >= 11 is 0. The largest absolute Gasteiger partial charge is 0.394 e. The predicted octanol–water partition coefficient (Wildman–Crippen LogP) is 6.58. The van der Waals surface area contributed by atoms with Crippen molar-refractivity contribution in [3.8, 4) is 0 Å². The molecule has 0 aromatic heterocycles. The fraction of sp³-hybridized carbons (Fsp3) is 0.939. The Bertz CT molecular complexity index is 896. The fourth-order valence-electron chi connectivity index (χ4n) is 10.0. The Morgan fingerprint density at radius 3 is 2.42 bits per heavy atom. The molecule has 3 saturated carbocycles. The molecule has 0 spiro atoms. The van der Waals surface area contributed by atoms with Crippen molar-refractivity contribution < 1.29 is 25.2 Å². The van der Waals surface area contributed by atoms with Crippen LogP contribution in [-0.2, 0) is 4.74 Å². The van der Waals surface area contributed by atoms with Crippen molar-refractivity contribution in [2.45, 2.75) is 140 Å². The Morgan fingerprint density at radius 2 is 1.70 bits per heavy atom. The summed E-state index contributed by atoms with van der Waals surface area (Å²) in [4.78, 5) is 0. The average Bonchev–Trinajstić information content (AvgIpc) is 3.28. The Kier molecular flexibility index (Phi) is 10.0. The Hall–Kier alpha value is 0.240. The van der Waals surface area contributed by atoms with Crippen LogP contribution in [0.3, 0.4) is 0 Å². The lowest BCUT2D eigenvalue weighted by Gasteiger charge is -2.58. The zero-order valence-corrected chi connectivity index (χ0v) is 27.1. The van der Waals surface area contributed by atoms with Crippen LogP contribution in [0.4, 0.5) is 0 Å². The maximum absolute atomic E-state index is 10.5. The van der Waals surface area contributed by atoms with Gasteiger partial charge in [-0.2, -0.15) is 0 Å². The van der Waals surface area contributed by atoms with Gasteiger partial charge in [-0.25, -0.2) is 0 Å². The van der Waals surface area contributed by atoms with E-state index in [1.165, 1.54) is 68.6 Å². The molecule has 5 rings (SSSR count). The molecule has 5 nitrogen and oxygen atoms in total. The normalized spacial score (nSPS) is 47.8. The van der Waals surface area contributed by atoms with Gasteiger partial charge >= 0.3 is 0 Å². The number of fused-ring (bicyclic) bond motifs is 5. The number of aliphatic hydroxyl groups is 4. The van der Waals surface area contributed by atoms with E-state index < -0.39 is 29.9 Å². The number of hydrogen-bond acceptors (Lipinski definition) is 7. The summed E-state index contributed by atoms with van der Waals surface area (Å²) in [5.41, 5.74) is 1.84. The Balaban J connectivity index is 1.20. The van der Waals surface area contributed by atoms with Crippen LogP contribution in [0.15, 0.2) is 11.6 Å². The van der Waals surface area contributed by atoms with Gasteiger partial charge in [0.05, 0.1) is 6.61 Å². The van der Waals surface area contributed by atoms with Gasteiger partial charge in [0.1, 0.15) is 29.9 Å². The average molecular weight is 597 g/mol. The van der Waals surface area contributed by atoms with E-state index in [1.54, 1.807) is 16.4 Å². The molecule has 5 aliphatic rings. The number of rotatable bonds is 9. The van der Waals surface area contributed by atoms with Gasteiger partial charge in [0.2, 0.25) is 0 Å². The summed E-state index contributed by atoms with van der Waals surface area (Å²) in [5, 5.41) is 40.7. The third kappa shape index (κ3) is 5.85. The second-order valence-electron chi connectivity index (χ2n) is 15.0. The summed E-state index contributed by atoms with van der Waals surface area (Å²) in [6.45, 7) is 12.2. The lowest BCUT2D eigenvalue weighted by molar-refractivity contribution is -0.205. The van der Waals surface area contributed by atoms with E-state index in [0.29, 0.717) is 16.1 Å². The standard InChI is InChI=1S/C33H56O5S2/c1-19(2)7-6-8-20(3)24-11-12-25-23-10-9-21-17-22(13-15-32(21,4)26(23)14-16-33(24,25)5)39-40-31-30(37)29(36)28(35)27(18-34)38-31/h9,19-20,22-31,34-37H,6-8,10-18H2,1-5H3/t20-,22+,23+,24-,25?,26+,27-,28-,29+,30-,31?,32+,33-/m1/s1. The molecule has 13 atom stereocenters. The molecular weight excluding hydrogens is 540 g/mol. The number of allylic oxidation sites excluding steroid dienone is 2. The number of aliphatic hydroxyl groups excluding tert-OH is 4. The van der Waals surface area contributed by atoms with Gasteiger partial charge in [0.15, 0.2) is 0 Å². The monoisotopic (exact) mass is 596 g/mol. The minimum atomic E-state index is -1.30. The quantitative estimate of drug-likeness (QED) is 0.177. The van der Waals surface area contributed by atoms with Gasteiger partial charge < -0.3 is 25.2 Å². The van der Waals surface area contributed by atoms with Crippen LogP contribution in [-0.4, -0.2) is 62.1 Å². The van der Waals surface area contributed by atoms with E-state index in [-0.39, 0.29) is 6.61 Å². The minimum Gasteiger partial charge on any atom is -0.394 e. The van der Waals surface area contributed by atoms with Crippen molar-refractivity contribution in [2.24, 2.45) is 46.3 Å². The first-order valence-corrected chi connectivity index (χ1v) is 18.6. The Labute approximate surface area is 251 Å². The van der Waals surface area contributed by atoms with E-state index in [9.17, 15) is 20.4 Å². The van der Waals surface area contributed by atoms with E-state index in [2.05, 4.69) is 40.7 Å². The first-order valence-electron chi connectivity index (χ1n) is 16.3. The maximum Gasteiger partial charge on any atom is 0.142 e. The van der Waals surface area contributed by atoms with Gasteiger partial charge in [-0.15, -0.1) is 0 Å². The molecule has 7 heteroatoms. The highest BCUT2D eigenvalue weighted by Gasteiger charge is 2.59. The van der Waals surface area contributed by atoms with Crippen molar-refractivity contribution in [1.82, 2.24) is 0 Å². The second kappa shape index (κ2) is 12.7. The molecule has 2 unspecified atom stereocenters. The molecule has 0 aromatic rings. The van der Waals surface area contributed by atoms with E-state index in [1.807, 2.05) is 0 Å². The number of hydrogen-bond donors (Lipinski definition) is 4. The van der Waals surface area contributed by atoms with Crippen LogP contribution < -0.4 is 0 Å². The SMILES string of the molecule is CC(C)CCC[C@@H](C)[C@H]1CCC2[C@@H]3CC=C4C[C@@H](SSC5O[C@H](CO)[C@@H](O)[C@H](O)[C@H]5O)CC[C@]4(C)[C@H]3CC[C@@]21C. The highest BCUT2D eigenvalue weighted by Crippen LogP contribution is 2.67. The van der Waals surface area contributed by atoms with Crippen molar-refractivity contribution in [3.05, 3.63) is 11.6 Å². The summed E-state index contributed by atoms with van der Waals surface area (Å²) in [6.07, 6.45) is 12.6. The van der Waals surface area contributed by atoms with Gasteiger partial charge in [0, 0.05) is 5.25 Å². The zero-order valence-electron chi connectivity index (χ0n) is 25.5. The summed E-state index contributed by atoms with van der Waals surface area (Å²) in [7, 11) is 3.20. The molecule has 4 fully saturated rings. The molecule has 1 aliphatic heterocycles. The summed E-state index contributed by atoms with van der Waals surface area (Å²) < 4.78 is 5.74. The highest BCUT2D eigenvalue weighted by atomic mass is 33.1. The molecule has 4 aliphatic carbocycles. The molecular formula is C33H56O5S2. The third-order valence-electron chi connectivity index (χ3n) is 12.4. The van der Waals surface area contributed by atoms with Gasteiger partial charge in [-0.3, -0.25) is 0 Å². The molecule has 1 heterocycles. The van der Waals surface area contributed by atoms with Crippen LogP contribution in [0, 0.1) is 46.3 Å². The van der Waals surface area contributed by atoms with Crippen LogP contribution in [0.5, 0.6) is 0 Å². The van der Waals surface area contributed by atoms with Crippen LogP contribution in [0.2, 0.25) is 0 Å². The fourth-order valence-corrected chi connectivity index (χ4v) is 13.0. The summed E-state index contributed by atoms with van der Waals surface area (Å²) in [6, 6.07) is 0. The van der Waals surface area contributed by atoms with Crippen molar-refractivity contribution in [1.29, 1.82) is 0 Å². The minimum absolute atomic E-state index is 0.316. The molecule has 0 aromatic carbocycles. The molecule has 0 amide bonds. The lowest BCUT2D eigenvalue weighted by atomic mass is 9.47. The Morgan fingerprint density at radius 1 is 0.925 bits per heavy atom. The van der Waals surface area contributed by atoms with E-state index in [0.717, 1.165) is 48.3 Å². The number of ether oxygens (including phenoxy) is 1. The van der Waals surface area contributed by atoms with Gasteiger partial charge in [0.25, 0.3) is 0 Å². The van der Waals surface area contributed by atoms with Gasteiger partial charge in [-0.05, 0) is 97.7 Å². The van der Waals surface area contributed by atoms with Crippen molar-refractivity contribution in [2.75, 3.05) is 6.61 Å². The van der Waals surface area contributed by atoms with E-state index in [4.69, 9.17) is 4.74 Å². The van der Waals surface area contributed by atoms with Crippen LogP contribution >= 0.6 is 21.6 Å². The zero-order chi connectivity index (χ0) is 28.8. The molecule has 230 valence electrons.